The molecule has 9 atom stereocenters. The maximum absolute atomic E-state index is 13.9. The van der Waals surface area contributed by atoms with Crippen molar-refractivity contribution in [2.24, 2.45) is 51.4 Å². The number of rotatable bonds is 12. The molecule has 3 fully saturated rings. The van der Waals surface area contributed by atoms with Gasteiger partial charge in [-0.3, -0.25) is 30.2 Å². The second-order valence-electron chi connectivity index (χ2n) is 15.8. The number of fused-ring (bicyclic) bond motifs is 5. The summed E-state index contributed by atoms with van der Waals surface area (Å²) in [5, 5.41) is 49.4. The Morgan fingerprint density at radius 2 is 1.82 bits per heavy atom. The van der Waals surface area contributed by atoms with Crippen LogP contribution < -0.4 is 21.2 Å². The van der Waals surface area contributed by atoms with Crippen molar-refractivity contribution in [3.05, 3.63) is 40.3 Å². The fourth-order valence-electron chi connectivity index (χ4n) is 10.0. The Kier molecular flexibility index (Phi) is 11.3. The maximum atomic E-state index is 13.9. The van der Waals surface area contributed by atoms with Gasteiger partial charge in [-0.1, -0.05) is 39.3 Å². The number of benzene rings is 1. The minimum Gasteiger partial charge on any atom is -0.769 e. The van der Waals surface area contributed by atoms with Gasteiger partial charge in [0.15, 0.2) is 0 Å². The van der Waals surface area contributed by atoms with Crippen LogP contribution in [0.1, 0.15) is 99.3 Å². The van der Waals surface area contributed by atoms with Crippen molar-refractivity contribution in [1.82, 2.24) is 5.32 Å². The van der Waals surface area contributed by atoms with Crippen LogP contribution in [-0.2, 0) is 19.1 Å². The standard InChI is InChI=1S/C37H53N5O8/c1-21(20-38-23(3)43)7-12-34(45)22(2)35-32(40-39-31-11-9-26(41(46)47)18-33(31)42(48)49)19-30-28-10-8-25-17-27(50-24(4)44)13-15-36(25,5)29(28)14-16-37(30,35)6/h8-9,11,18,21-22,27-30,35,39,48-49H,7,10,12-17,19-20H2,1-6H3,(H,38,43)/q-2/t21-,22+,27-,28-,29-,30+,35-,36-,37-/m0/s1. The first-order valence-electron chi connectivity index (χ1n) is 18.0. The average molecular weight is 696 g/mol. The van der Waals surface area contributed by atoms with Crippen LogP contribution >= 0.6 is 0 Å². The van der Waals surface area contributed by atoms with Gasteiger partial charge in [0.1, 0.15) is 17.6 Å². The first-order valence-corrected chi connectivity index (χ1v) is 18.0. The second kappa shape index (κ2) is 15.0. The molecule has 0 heterocycles. The first-order chi connectivity index (χ1) is 23.5. The minimum atomic E-state index is -0.616. The molecule has 0 unspecified atom stereocenters. The molecule has 4 aliphatic rings. The lowest BCUT2D eigenvalue weighted by atomic mass is 9.47. The summed E-state index contributed by atoms with van der Waals surface area (Å²) in [6, 6.07) is 3.71. The third-order valence-electron chi connectivity index (χ3n) is 12.6. The third-order valence-corrected chi connectivity index (χ3v) is 12.6. The number of hydrogen-bond donors (Lipinski definition) is 4. The van der Waals surface area contributed by atoms with E-state index in [2.05, 4.69) is 30.7 Å². The lowest BCUT2D eigenvalue weighted by Crippen LogP contribution is -2.51. The number of esters is 1. The molecule has 50 heavy (non-hydrogen) atoms. The quantitative estimate of drug-likeness (QED) is 0.103. The van der Waals surface area contributed by atoms with Crippen LogP contribution in [-0.4, -0.2) is 46.4 Å². The molecule has 1 aromatic rings. The molecule has 13 nitrogen and oxygen atoms in total. The molecule has 4 N–H and O–H groups in total. The predicted molar refractivity (Wildman–Crippen MR) is 190 cm³/mol. The number of nitrogens with zero attached hydrogens (tertiary/aromatic N) is 3. The lowest BCUT2D eigenvalue weighted by Gasteiger charge is -2.58. The smallest absolute Gasteiger partial charge is 0.302 e. The highest BCUT2D eigenvalue weighted by atomic mass is 16.8. The lowest BCUT2D eigenvalue weighted by molar-refractivity contribution is -0.148. The second-order valence-corrected chi connectivity index (χ2v) is 15.8. The summed E-state index contributed by atoms with van der Waals surface area (Å²) < 4.78 is 5.63. The Morgan fingerprint density at radius 3 is 2.48 bits per heavy atom. The zero-order valence-corrected chi connectivity index (χ0v) is 30.1. The number of anilines is 3. The van der Waals surface area contributed by atoms with Gasteiger partial charge in [-0.15, -0.1) is 5.23 Å². The van der Waals surface area contributed by atoms with Crippen LogP contribution in [0.4, 0.5) is 17.1 Å². The number of hydrogen-bond acceptors (Lipinski definition) is 12. The Hall–Kier alpha value is -3.52. The molecular formula is C37H53N5O8-2. The van der Waals surface area contributed by atoms with E-state index in [-0.39, 0.29) is 80.6 Å². The van der Waals surface area contributed by atoms with Crippen LogP contribution in [0.15, 0.2) is 34.9 Å². The molecule has 0 radical (unpaired) electrons. The van der Waals surface area contributed by atoms with Gasteiger partial charge in [-0.05, 0) is 97.6 Å². The van der Waals surface area contributed by atoms with Crippen LogP contribution in [0.3, 0.4) is 0 Å². The Bertz CT molecular complexity index is 1510. The zero-order valence-electron chi connectivity index (χ0n) is 30.1. The van der Waals surface area contributed by atoms with Gasteiger partial charge in [0.2, 0.25) is 5.91 Å². The Morgan fingerprint density at radius 1 is 1.08 bits per heavy atom. The normalized spacial score (nSPS) is 32.1. The van der Waals surface area contributed by atoms with Gasteiger partial charge in [0.25, 0.3) is 0 Å². The molecule has 0 aromatic heterocycles. The molecule has 0 bridgehead atoms. The van der Waals surface area contributed by atoms with E-state index in [0.29, 0.717) is 37.6 Å². The molecule has 1 amide bonds. The SMILES string of the molecule is CC(=O)NC[C@@H](C)CCC(=O)[C@@H](C)[C@H]1C(=NNc2ccc(N([O-])[O-])cc2N(O)O)C[C@@H]2[C@H]3CC=C4C[C@@H](OC(C)=O)CC[C@]4(C)[C@H]3CC[C@@]21C. The van der Waals surface area contributed by atoms with Crippen molar-refractivity contribution in [1.29, 1.82) is 0 Å². The van der Waals surface area contributed by atoms with Gasteiger partial charge in [-0.25, -0.2) is 0 Å². The van der Waals surface area contributed by atoms with Crippen molar-refractivity contribution < 1.29 is 29.5 Å². The largest absolute Gasteiger partial charge is 0.769 e. The molecule has 0 saturated heterocycles. The van der Waals surface area contributed by atoms with Gasteiger partial charge in [0, 0.05) is 56.5 Å². The van der Waals surface area contributed by atoms with Crippen LogP contribution in [0.5, 0.6) is 0 Å². The molecule has 0 spiro atoms. The molecule has 276 valence electrons. The maximum Gasteiger partial charge on any atom is 0.302 e. The Balaban J connectivity index is 1.45. The van der Waals surface area contributed by atoms with E-state index in [1.807, 2.05) is 13.8 Å². The number of ether oxygens (including phenoxy) is 1. The fraction of sp³-hybridized carbons (Fsp3) is 0.676. The van der Waals surface area contributed by atoms with E-state index in [9.17, 15) is 35.2 Å². The molecule has 0 aliphatic heterocycles. The summed E-state index contributed by atoms with van der Waals surface area (Å²) in [7, 11) is 0. The van der Waals surface area contributed by atoms with E-state index in [4.69, 9.17) is 9.84 Å². The van der Waals surface area contributed by atoms with E-state index >= 15 is 0 Å². The summed E-state index contributed by atoms with van der Waals surface area (Å²) in [4.78, 5) is 37.1. The summed E-state index contributed by atoms with van der Waals surface area (Å²) in [5.74, 6) is 0.544. The number of hydrazone groups is 1. The van der Waals surface area contributed by atoms with Crippen molar-refractivity contribution in [3.63, 3.8) is 0 Å². The van der Waals surface area contributed by atoms with Crippen molar-refractivity contribution in [2.75, 3.05) is 22.4 Å². The molecule has 5 rings (SSSR count). The number of allylic oxidation sites excluding steroid dienone is 1. The zero-order chi connectivity index (χ0) is 36.5. The van der Waals surface area contributed by atoms with Gasteiger partial charge in [-0.2, -0.15) is 5.10 Å². The number of Topliss-reactive ketones (excluding diaryl/α,β-unsaturated/α-hetero) is 1. The van der Waals surface area contributed by atoms with Crippen molar-refractivity contribution in [2.45, 2.75) is 105 Å². The topological polar surface area (TPSA) is 190 Å². The number of ketones is 1. The summed E-state index contributed by atoms with van der Waals surface area (Å²) in [6.45, 7) is 12.2. The molecular weight excluding hydrogens is 642 g/mol. The monoisotopic (exact) mass is 695 g/mol. The summed E-state index contributed by atoms with van der Waals surface area (Å²) >= 11 is 0. The van der Waals surface area contributed by atoms with Gasteiger partial charge in [0.05, 0.1) is 5.69 Å². The Labute approximate surface area is 294 Å². The molecule has 3 saturated carbocycles. The highest BCUT2D eigenvalue weighted by molar-refractivity contribution is 5.96. The van der Waals surface area contributed by atoms with E-state index in [1.165, 1.54) is 31.6 Å². The number of amides is 1. The minimum absolute atomic E-state index is 0.0133. The van der Waals surface area contributed by atoms with Crippen LogP contribution in [0.2, 0.25) is 0 Å². The average Bonchev–Trinajstić information content (AvgIpc) is 3.36. The first kappa shape index (κ1) is 37.7. The summed E-state index contributed by atoms with van der Waals surface area (Å²) in [5.41, 5.74) is 4.66. The number of carbonyl (C=O) groups is 3. The van der Waals surface area contributed by atoms with Crippen LogP contribution in [0.25, 0.3) is 0 Å². The van der Waals surface area contributed by atoms with Gasteiger partial charge < -0.3 is 25.7 Å². The predicted octanol–water partition coefficient (Wildman–Crippen LogP) is 6.72. The van der Waals surface area contributed by atoms with Gasteiger partial charge >= 0.3 is 5.97 Å². The van der Waals surface area contributed by atoms with Crippen LogP contribution in [0, 0.1) is 56.8 Å². The van der Waals surface area contributed by atoms with E-state index < -0.39 is 5.23 Å². The highest BCUT2D eigenvalue weighted by Crippen LogP contribution is 2.66. The van der Waals surface area contributed by atoms with Crippen molar-refractivity contribution in [3.8, 4) is 0 Å². The third kappa shape index (κ3) is 7.56. The molecule has 1 aromatic carbocycles. The highest BCUT2D eigenvalue weighted by Gasteiger charge is 2.61. The van der Waals surface area contributed by atoms with Crippen molar-refractivity contribution >= 4 is 40.4 Å². The summed E-state index contributed by atoms with van der Waals surface area (Å²) in [6.07, 6.45) is 9.45. The molecule has 13 heteroatoms. The fourth-order valence-corrected chi connectivity index (χ4v) is 10.0. The number of carbonyl (C=O) groups excluding carboxylic acids is 3. The molecule has 4 aliphatic carbocycles. The van der Waals surface area contributed by atoms with E-state index in [0.717, 1.165) is 50.3 Å². The number of nitrogens with one attached hydrogen (secondary N) is 2. The van der Waals surface area contributed by atoms with E-state index in [1.54, 1.807) is 0 Å².